The predicted molar refractivity (Wildman–Crippen MR) is 84.7 cm³/mol. The number of carbonyl (C=O) groups excluding carboxylic acids is 1. The molecular weight excluding hydrogens is 342 g/mol. The summed E-state index contributed by atoms with van der Waals surface area (Å²) < 4.78 is 0.783. The molecule has 0 spiro atoms. The summed E-state index contributed by atoms with van der Waals surface area (Å²) in [5.41, 5.74) is 2.53. The first kappa shape index (κ1) is 14.9. The molecule has 0 atom stereocenters. The van der Waals surface area contributed by atoms with E-state index in [1.807, 2.05) is 6.92 Å². The van der Waals surface area contributed by atoms with Crippen molar-refractivity contribution in [2.45, 2.75) is 13.8 Å². The average molecular weight is 355 g/mol. The van der Waals surface area contributed by atoms with Crippen LogP contribution in [0.5, 0.6) is 5.75 Å². The van der Waals surface area contributed by atoms with Gasteiger partial charge in [0.25, 0.3) is 5.91 Å². The molecule has 0 radical (unpaired) electrons. The van der Waals surface area contributed by atoms with Gasteiger partial charge in [-0.2, -0.15) is 0 Å². The smallest absolute Gasteiger partial charge is 0.257 e. The Hall–Kier alpha value is -1.52. The average Bonchev–Trinajstić information content (AvgIpc) is 2.38. The third-order valence-corrected chi connectivity index (χ3v) is 3.79. The minimum absolute atomic E-state index is 0.209. The number of nitrogens with one attached hydrogen (secondary N) is 1. The summed E-state index contributed by atoms with van der Waals surface area (Å²) in [6.45, 7) is 3.59. The lowest BCUT2D eigenvalue weighted by atomic mass is 10.1. The van der Waals surface area contributed by atoms with Crippen molar-refractivity contribution in [1.29, 1.82) is 0 Å². The summed E-state index contributed by atoms with van der Waals surface area (Å²) in [6.07, 6.45) is 0. The molecule has 2 aromatic carbocycles. The van der Waals surface area contributed by atoms with E-state index in [1.54, 1.807) is 37.3 Å². The highest BCUT2D eigenvalue weighted by Crippen LogP contribution is 2.27. The fourth-order valence-electron chi connectivity index (χ4n) is 1.80. The molecule has 2 aromatic rings. The largest absolute Gasteiger partial charge is 0.508 e. The molecule has 20 heavy (non-hydrogen) atoms. The van der Waals surface area contributed by atoms with E-state index in [0.717, 1.165) is 10.0 Å². The molecule has 0 saturated carbocycles. The molecule has 0 aliphatic carbocycles. The van der Waals surface area contributed by atoms with Crippen LogP contribution in [0.25, 0.3) is 0 Å². The number of phenolic OH excluding ortho intramolecular Hbond substituents is 1. The molecule has 0 heterocycles. The number of phenols is 1. The number of aromatic hydroxyl groups is 1. The molecule has 104 valence electrons. The second-order valence-electron chi connectivity index (χ2n) is 4.53. The Kier molecular flexibility index (Phi) is 4.35. The van der Waals surface area contributed by atoms with Crippen molar-refractivity contribution >= 4 is 39.1 Å². The zero-order chi connectivity index (χ0) is 14.9. The Morgan fingerprint density at radius 2 is 1.90 bits per heavy atom. The van der Waals surface area contributed by atoms with Crippen molar-refractivity contribution < 1.29 is 9.90 Å². The van der Waals surface area contributed by atoms with E-state index < -0.39 is 0 Å². The van der Waals surface area contributed by atoms with Crippen molar-refractivity contribution in [3.8, 4) is 5.75 Å². The van der Waals surface area contributed by atoms with Crippen LogP contribution in [0.3, 0.4) is 0 Å². The maximum Gasteiger partial charge on any atom is 0.257 e. The number of benzene rings is 2. The standard InChI is InChI=1S/C15H13BrClNO2/c1-8-6-14(19)9(2)5-13(8)18-15(20)11-7-10(16)3-4-12(11)17/h3-7,19H,1-2H3,(H,18,20). The van der Waals surface area contributed by atoms with Crippen LogP contribution in [0.4, 0.5) is 5.69 Å². The molecule has 0 fully saturated rings. The number of amides is 1. The maximum atomic E-state index is 12.3. The third-order valence-electron chi connectivity index (χ3n) is 2.96. The second-order valence-corrected chi connectivity index (χ2v) is 5.85. The summed E-state index contributed by atoms with van der Waals surface area (Å²) >= 11 is 9.35. The molecule has 0 bridgehead atoms. The summed E-state index contributed by atoms with van der Waals surface area (Å²) in [4.78, 5) is 12.3. The van der Waals surface area contributed by atoms with E-state index >= 15 is 0 Å². The molecule has 1 amide bonds. The van der Waals surface area contributed by atoms with E-state index in [2.05, 4.69) is 21.2 Å². The second kappa shape index (κ2) is 5.85. The van der Waals surface area contributed by atoms with Gasteiger partial charge in [-0.15, -0.1) is 0 Å². The van der Waals surface area contributed by atoms with Crippen molar-refractivity contribution in [2.75, 3.05) is 5.32 Å². The van der Waals surface area contributed by atoms with Gasteiger partial charge in [0.2, 0.25) is 0 Å². The van der Waals surface area contributed by atoms with Crippen LogP contribution < -0.4 is 5.32 Å². The molecule has 0 aliphatic heterocycles. The summed E-state index contributed by atoms with van der Waals surface area (Å²) in [6, 6.07) is 8.45. The SMILES string of the molecule is Cc1cc(NC(=O)c2cc(Br)ccc2Cl)c(C)cc1O. The molecular formula is C15H13BrClNO2. The molecule has 2 N–H and O–H groups in total. The van der Waals surface area contributed by atoms with Gasteiger partial charge >= 0.3 is 0 Å². The van der Waals surface area contributed by atoms with Gasteiger partial charge < -0.3 is 10.4 Å². The minimum atomic E-state index is -0.288. The lowest BCUT2D eigenvalue weighted by Gasteiger charge is -2.11. The minimum Gasteiger partial charge on any atom is -0.508 e. The highest BCUT2D eigenvalue weighted by molar-refractivity contribution is 9.10. The van der Waals surface area contributed by atoms with Crippen LogP contribution in [0.1, 0.15) is 21.5 Å². The van der Waals surface area contributed by atoms with Crippen LogP contribution >= 0.6 is 27.5 Å². The number of aryl methyl sites for hydroxylation is 2. The van der Waals surface area contributed by atoms with Gasteiger partial charge in [0.05, 0.1) is 10.6 Å². The molecule has 3 nitrogen and oxygen atoms in total. The molecule has 0 aromatic heterocycles. The van der Waals surface area contributed by atoms with Gasteiger partial charge in [0.15, 0.2) is 0 Å². The molecule has 0 saturated heterocycles. The van der Waals surface area contributed by atoms with Crippen LogP contribution in [-0.4, -0.2) is 11.0 Å². The number of halogens is 2. The van der Waals surface area contributed by atoms with Crippen molar-refractivity contribution in [1.82, 2.24) is 0 Å². The lowest BCUT2D eigenvalue weighted by molar-refractivity contribution is 0.102. The van der Waals surface area contributed by atoms with E-state index in [1.165, 1.54) is 0 Å². The maximum absolute atomic E-state index is 12.3. The van der Waals surface area contributed by atoms with E-state index in [4.69, 9.17) is 11.6 Å². The molecule has 0 unspecified atom stereocenters. The van der Waals surface area contributed by atoms with E-state index in [9.17, 15) is 9.90 Å². The van der Waals surface area contributed by atoms with Gasteiger partial charge in [0.1, 0.15) is 5.75 Å². The van der Waals surface area contributed by atoms with Gasteiger partial charge in [-0.1, -0.05) is 27.5 Å². The Morgan fingerprint density at radius 1 is 1.20 bits per heavy atom. The van der Waals surface area contributed by atoms with Crippen molar-refractivity contribution in [2.24, 2.45) is 0 Å². The number of carbonyl (C=O) groups is 1. The highest BCUT2D eigenvalue weighted by atomic mass is 79.9. The first-order valence-corrected chi connectivity index (χ1v) is 7.12. The van der Waals surface area contributed by atoms with Gasteiger partial charge in [0, 0.05) is 10.2 Å². The summed E-state index contributed by atoms with van der Waals surface area (Å²) in [5, 5.41) is 12.8. The Morgan fingerprint density at radius 3 is 2.60 bits per heavy atom. The Labute approximate surface area is 130 Å². The number of anilines is 1. The molecule has 2 rings (SSSR count). The predicted octanol–water partition coefficient (Wildman–Crippen LogP) is 4.68. The van der Waals surface area contributed by atoms with Crippen molar-refractivity contribution in [3.63, 3.8) is 0 Å². The van der Waals surface area contributed by atoms with Gasteiger partial charge in [-0.25, -0.2) is 0 Å². The monoisotopic (exact) mass is 353 g/mol. The highest BCUT2D eigenvalue weighted by Gasteiger charge is 2.13. The molecule has 0 aliphatic rings. The van der Waals surface area contributed by atoms with Crippen LogP contribution in [0, 0.1) is 13.8 Å². The lowest BCUT2D eigenvalue weighted by Crippen LogP contribution is -2.13. The van der Waals surface area contributed by atoms with Crippen LogP contribution in [0.2, 0.25) is 5.02 Å². The molecule has 5 heteroatoms. The van der Waals surface area contributed by atoms with Crippen LogP contribution in [-0.2, 0) is 0 Å². The topological polar surface area (TPSA) is 49.3 Å². The van der Waals surface area contributed by atoms with E-state index in [-0.39, 0.29) is 11.7 Å². The van der Waals surface area contributed by atoms with Crippen LogP contribution in [0.15, 0.2) is 34.8 Å². The summed E-state index contributed by atoms with van der Waals surface area (Å²) in [5.74, 6) is -0.0783. The normalized spacial score (nSPS) is 10.4. The first-order valence-electron chi connectivity index (χ1n) is 5.95. The Bertz CT molecular complexity index is 686. The van der Waals surface area contributed by atoms with E-state index in [0.29, 0.717) is 21.8 Å². The zero-order valence-electron chi connectivity index (χ0n) is 11.0. The fraction of sp³-hybridized carbons (Fsp3) is 0.133. The van der Waals surface area contributed by atoms with Gasteiger partial charge in [-0.05, 0) is 55.3 Å². The third kappa shape index (κ3) is 3.14. The Balaban J connectivity index is 2.32. The number of hydrogen-bond acceptors (Lipinski definition) is 2. The summed E-state index contributed by atoms with van der Waals surface area (Å²) in [7, 11) is 0. The van der Waals surface area contributed by atoms with Gasteiger partial charge in [-0.3, -0.25) is 4.79 Å². The quantitative estimate of drug-likeness (QED) is 0.770. The van der Waals surface area contributed by atoms with Crippen molar-refractivity contribution in [3.05, 3.63) is 56.5 Å². The first-order chi connectivity index (χ1) is 9.38. The zero-order valence-corrected chi connectivity index (χ0v) is 13.3. The fourth-order valence-corrected chi connectivity index (χ4v) is 2.36. The number of hydrogen-bond donors (Lipinski definition) is 2. The number of rotatable bonds is 2.